The maximum atomic E-state index is 12.8. The molecule has 1 unspecified atom stereocenters. The van der Waals surface area contributed by atoms with Crippen molar-refractivity contribution in [2.24, 2.45) is 0 Å². The van der Waals surface area contributed by atoms with Gasteiger partial charge >= 0.3 is 17.9 Å². The molecule has 0 saturated carbocycles. The predicted octanol–water partition coefficient (Wildman–Crippen LogP) is 17.4. The highest BCUT2D eigenvalue weighted by atomic mass is 16.6. The minimum atomic E-state index is -0.804. The van der Waals surface area contributed by atoms with E-state index in [1.807, 2.05) is 54.7 Å². The van der Waals surface area contributed by atoms with Gasteiger partial charge in [0.1, 0.15) is 13.2 Å². The summed E-state index contributed by atoms with van der Waals surface area (Å²) in [6, 6.07) is 0. The van der Waals surface area contributed by atoms with E-state index in [9.17, 15) is 14.4 Å². The first-order valence-corrected chi connectivity index (χ1v) is 26.5. The van der Waals surface area contributed by atoms with Crippen molar-refractivity contribution in [3.8, 4) is 0 Å². The van der Waals surface area contributed by atoms with Crippen molar-refractivity contribution in [2.75, 3.05) is 13.2 Å². The van der Waals surface area contributed by atoms with E-state index in [0.29, 0.717) is 19.3 Å². The molecule has 0 bridgehead atoms. The normalized spacial score (nSPS) is 12.6. The number of hydrogen-bond donors (Lipinski definition) is 0. The quantitative estimate of drug-likeness (QED) is 0.0199. The molecule has 6 heteroatoms. The van der Waals surface area contributed by atoms with Crippen LogP contribution >= 0.6 is 0 Å². The minimum absolute atomic E-state index is 0.0976. The van der Waals surface area contributed by atoms with E-state index < -0.39 is 6.10 Å². The summed E-state index contributed by atoms with van der Waals surface area (Å²) < 4.78 is 16.7. The molecule has 0 aliphatic rings. The van der Waals surface area contributed by atoms with E-state index >= 15 is 0 Å². The minimum Gasteiger partial charge on any atom is -0.462 e. The van der Waals surface area contributed by atoms with E-state index in [1.54, 1.807) is 0 Å². The van der Waals surface area contributed by atoms with E-state index in [1.165, 1.54) is 154 Å². The molecule has 63 heavy (non-hydrogen) atoms. The van der Waals surface area contributed by atoms with Gasteiger partial charge in [-0.15, -0.1) is 0 Å². The Balaban J connectivity index is 4.44. The summed E-state index contributed by atoms with van der Waals surface area (Å²) in [5.41, 5.74) is 0. The van der Waals surface area contributed by atoms with Gasteiger partial charge in [0.2, 0.25) is 0 Å². The Labute approximate surface area is 389 Å². The first kappa shape index (κ1) is 59.9. The molecule has 6 nitrogen and oxygen atoms in total. The maximum absolute atomic E-state index is 12.8. The van der Waals surface area contributed by atoms with Crippen LogP contribution in [-0.2, 0) is 28.6 Å². The molecule has 0 heterocycles. The molecular formula is C57H98O6. The van der Waals surface area contributed by atoms with Crippen LogP contribution in [0.4, 0.5) is 0 Å². The molecule has 0 radical (unpaired) electrons. The zero-order valence-electron chi connectivity index (χ0n) is 41.3. The zero-order chi connectivity index (χ0) is 45.8. The second-order valence-corrected chi connectivity index (χ2v) is 17.5. The molecule has 0 fully saturated rings. The molecule has 0 aromatic heterocycles. The van der Waals surface area contributed by atoms with Gasteiger partial charge in [0, 0.05) is 19.3 Å². The first-order valence-electron chi connectivity index (χ1n) is 26.5. The molecule has 0 aromatic rings. The summed E-state index contributed by atoms with van der Waals surface area (Å²) >= 11 is 0. The number of carbonyl (C=O) groups is 3. The highest BCUT2D eigenvalue weighted by Crippen LogP contribution is 2.16. The molecule has 0 spiro atoms. The monoisotopic (exact) mass is 879 g/mol. The van der Waals surface area contributed by atoms with Crippen LogP contribution in [0.5, 0.6) is 0 Å². The van der Waals surface area contributed by atoms with Crippen molar-refractivity contribution in [3.05, 3.63) is 72.9 Å². The third-order valence-electron chi connectivity index (χ3n) is 11.3. The van der Waals surface area contributed by atoms with Crippen LogP contribution in [-0.4, -0.2) is 37.2 Å². The average Bonchev–Trinajstić information content (AvgIpc) is 3.28. The predicted molar refractivity (Wildman–Crippen MR) is 270 cm³/mol. The van der Waals surface area contributed by atoms with Crippen LogP contribution in [0, 0.1) is 0 Å². The standard InChI is InChI=1S/C57H98O6/c1-4-7-10-13-16-19-22-25-27-28-30-32-35-38-41-44-47-50-56(59)62-53-54(52-61-55(58)49-46-43-40-37-34-31-24-21-18-15-12-9-6-3)63-57(60)51-48-45-42-39-36-33-29-26-23-20-17-14-11-8-5-2/h9,12,15,18,20-21,23-24,31,34,37,40,54H,4-8,10-11,13-14,16-17,19,22,25-30,32-33,35-36,38-39,41-53H2,1-3H3/b12-9-,18-15-,23-20-,24-21-,34-31-,40-37-. The number of hydrogen-bond acceptors (Lipinski definition) is 6. The van der Waals surface area contributed by atoms with Crippen molar-refractivity contribution in [3.63, 3.8) is 0 Å². The van der Waals surface area contributed by atoms with E-state index in [-0.39, 0.29) is 37.5 Å². The van der Waals surface area contributed by atoms with Crippen LogP contribution in [0.3, 0.4) is 0 Å². The van der Waals surface area contributed by atoms with Crippen molar-refractivity contribution in [1.29, 1.82) is 0 Å². The van der Waals surface area contributed by atoms with Gasteiger partial charge in [-0.1, -0.05) is 248 Å². The van der Waals surface area contributed by atoms with Gasteiger partial charge < -0.3 is 14.2 Å². The molecule has 0 aromatic carbocycles. The fourth-order valence-electron chi connectivity index (χ4n) is 7.35. The van der Waals surface area contributed by atoms with E-state index in [2.05, 4.69) is 39.0 Å². The Bertz CT molecular complexity index is 1190. The third-order valence-corrected chi connectivity index (χ3v) is 11.3. The lowest BCUT2D eigenvalue weighted by Gasteiger charge is -2.18. The van der Waals surface area contributed by atoms with Gasteiger partial charge in [0.25, 0.3) is 0 Å². The van der Waals surface area contributed by atoms with Crippen LogP contribution in [0.15, 0.2) is 72.9 Å². The summed E-state index contributed by atoms with van der Waals surface area (Å²) in [6.45, 7) is 6.43. The number of unbranched alkanes of at least 4 members (excludes halogenated alkanes) is 28. The Morgan fingerprint density at radius 2 is 0.651 bits per heavy atom. The van der Waals surface area contributed by atoms with Gasteiger partial charge in [-0.2, -0.15) is 0 Å². The molecule has 0 saturated heterocycles. The van der Waals surface area contributed by atoms with Crippen molar-refractivity contribution in [1.82, 2.24) is 0 Å². The summed E-state index contributed by atoms with van der Waals surface area (Å²) in [7, 11) is 0. The molecule has 1 atom stereocenters. The summed E-state index contributed by atoms with van der Waals surface area (Å²) in [5.74, 6) is -0.974. The highest BCUT2D eigenvalue weighted by molar-refractivity contribution is 5.71. The smallest absolute Gasteiger partial charge is 0.306 e. The van der Waals surface area contributed by atoms with Crippen LogP contribution in [0.2, 0.25) is 0 Å². The Kier molecular flexibility index (Phi) is 48.9. The molecule has 0 rings (SSSR count). The third kappa shape index (κ3) is 49.7. The molecule has 0 aliphatic carbocycles. The fraction of sp³-hybridized carbons (Fsp3) is 0.737. The summed E-state index contributed by atoms with van der Waals surface area (Å²) in [6.07, 6.45) is 64.7. The van der Waals surface area contributed by atoms with Crippen molar-refractivity contribution < 1.29 is 28.6 Å². The lowest BCUT2D eigenvalue weighted by atomic mass is 10.0. The number of carbonyl (C=O) groups excluding carboxylic acids is 3. The lowest BCUT2D eigenvalue weighted by molar-refractivity contribution is -0.167. The van der Waals surface area contributed by atoms with Gasteiger partial charge in [-0.25, -0.2) is 0 Å². The van der Waals surface area contributed by atoms with Gasteiger partial charge in [-0.3, -0.25) is 14.4 Å². The lowest BCUT2D eigenvalue weighted by Crippen LogP contribution is -2.30. The highest BCUT2D eigenvalue weighted by Gasteiger charge is 2.19. The second kappa shape index (κ2) is 51.5. The largest absolute Gasteiger partial charge is 0.462 e. The molecule has 362 valence electrons. The topological polar surface area (TPSA) is 78.9 Å². The van der Waals surface area contributed by atoms with Gasteiger partial charge in [-0.05, 0) is 57.8 Å². The SMILES string of the molecule is CC\C=C/C=C\C=C/C=C\C=C/CCCC(=O)OCC(COC(=O)CCCCCCCCCCCCCCCCCCC)OC(=O)CCCCCCCCC/C=C\CCCCCC. The fourth-order valence-corrected chi connectivity index (χ4v) is 7.35. The molecule has 0 N–H and O–H groups in total. The number of allylic oxidation sites excluding steroid dienone is 12. The van der Waals surface area contributed by atoms with Gasteiger partial charge in [0.05, 0.1) is 0 Å². The second-order valence-electron chi connectivity index (χ2n) is 17.5. The summed E-state index contributed by atoms with van der Waals surface area (Å²) in [4.78, 5) is 38.0. The Hall–Kier alpha value is -3.15. The first-order chi connectivity index (χ1) is 31.0. The Morgan fingerprint density at radius 3 is 1.08 bits per heavy atom. The Morgan fingerprint density at radius 1 is 0.333 bits per heavy atom. The van der Waals surface area contributed by atoms with Crippen molar-refractivity contribution in [2.45, 2.75) is 258 Å². The van der Waals surface area contributed by atoms with Crippen LogP contribution in [0.1, 0.15) is 252 Å². The van der Waals surface area contributed by atoms with Crippen molar-refractivity contribution >= 4 is 17.9 Å². The number of ether oxygens (including phenoxy) is 3. The molecular weight excluding hydrogens is 781 g/mol. The van der Waals surface area contributed by atoms with Crippen LogP contribution < -0.4 is 0 Å². The number of rotatable bonds is 47. The molecule has 0 aliphatic heterocycles. The van der Waals surface area contributed by atoms with Gasteiger partial charge in [0.15, 0.2) is 6.10 Å². The average molecular weight is 879 g/mol. The van der Waals surface area contributed by atoms with E-state index in [0.717, 1.165) is 51.4 Å². The zero-order valence-corrected chi connectivity index (χ0v) is 41.3. The van der Waals surface area contributed by atoms with Crippen LogP contribution in [0.25, 0.3) is 0 Å². The number of esters is 3. The summed E-state index contributed by atoms with van der Waals surface area (Å²) in [5, 5.41) is 0. The van der Waals surface area contributed by atoms with E-state index in [4.69, 9.17) is 14.2 Å². The maximum Gasteiger partial charge on any atom is 0.306 e. The molecule has 0 amide bonds.